The van der Waals surface area contributed by atoms with Crippen molar-refractivity contribution in [3.63, 3.8) is 0 Å². The van der Waals surface area contributed by atoms with E-state index in [1.54, 1.807) is 18.9 Å². The molecule has 150 valence electrons. The SMILES string of the molecule is COc1ccc(CC(=O)N(Cc2cccc(C)c2)C(C)C(=O)NC(C)C)cc1. The first-order valence-electron chi connectivity index (χ1n) is 9.58. The average Bonchev–Trinajstić information content (AvgIpc) is 2.65. The second-order valence-electron chi connectivity index (χ2n) is 7.37. The second kappa shape index (κ2) is 9.93. The van der Waals surface area contributed by atoms with Gasteiger partial charge in [0.15, 0.2) is 0 Å². The van der Waals surface area contributed by atoms with Gasteiger partial charge in [0, 0.05) is 12.6 Å². The molecule has 0 fully saturated rings. The summed E-state index contributed by atoms with van der Waals surface area (Å²) in [5.41, 5.74) is 3.02. The Morgan fingerprint density at radius 1 is 1.04 bits per heavy atom. The normalized spacial score (nSPS) is 11.8. The molecular weight excluding hydrogens is 352 g/mol. The summed E-state index contributed by atoms with van der Waals surface area (Å²) >= 11 is 0. The Balaban J connectivity index is 2.22. The number of nitrogens with zero attached hydrogens (tertiary/aromatic N) is 1. The Morgan fingerprint density at radius 2 is 1.71 bits per heavy atom. The highest BCUT2D eigenvalue weighted by Gasteiger charge is 2.26. The molecule has 0 aromatic heterocycles. The second-order valence-corrected chi connectivity index (χ2v) is 7.37. The van der Waals surface area contributed by atoms with Crippen molar-refractivity contribution in [2.24, 2.45) is 0 Å². The fourth-order valence-corrected chi connectivity index (χ4v) is 3.01. The molecule has 0 bridgehead atoms. The third-order valence-electron chi connectivity index (χ3n) is 4.55. The molecule has 2 aromatic carbocycles. The van der Waals surface area contributed by atoms with Crippen molar-refractivity contribution in [1.82, 2.24) is 10.2 Å². The van der Waals surface area contributed by atoms with Crippen LogP contribution in [0.4, 0.5) is 0 Å². The Morgan fingerprint density at radius 3 is 2.29 bits per heavy atom. The first-order chi connectivity index (χ1) is 13.3. The molecule has 2 aromatic rings. The van der Waals surface area contributed by atoms with Crippen molar-refractivity contribution in [2.45, 2.75) is 52.7 Å². The molecule has 0 aliphatic rings. The van der Waals surface area contributed by atoms with Gasteiger partial charge in [0.05, 0.1) is 13.5 Å². The molecule has 28 heavy (non-hydrogen) atoms. The third kappa shape index (κ3) is 6.12. The smallest absolute Gasteiger partial charge is 0.242 e. The fourth-order valence-electron chi connectivity index (χ4n) is 3.01. The van der Waals surface area contributed by atoms with Crippen LogP contribution in [0.2, 0.25) is 0 Å². The number of hydrogen-bond donors (Lipinski definition) is 1. The monoisotopic (exact) mass is 382 g/mol. The van der Waals surface area contributed by atoms with Crippen molar-refractivity contribution in [3.05, 3.63) is 65.2 Å². The molecule has 0 aliphatic heterocycles. The zero-order valence-corrected chi connectivity index (χ0v) is 17.4. The molecule has 0 spiro atoms. The number of aryl methyl sites for hydroxylation is 1. The Labute approximate surface area is 167 Å². The molecule has 2 rings (SSSR count). The summed E-state index contributed by atoms with van der Waals surface area (Å²) in [4.78, 5) is 27.3. The van der Waals surface area contributed by atoms with Gasteiger partial charge >= 0.3 is 0 Å². The summed E-state index contributed by atoms with van der Waals surface area (Å²) in [6, 6.07) is 14.9. The molecule has 5 nitrogen and oxygen atoms in total. The van der Waals surface area contributed by atoms with Crippen LogP contribution in [0.25, 0.3) is 0 Å². The van der Waals surface area contributed by atoms with E-state index < -0.39 is 6.04 Å². The zero-order valence-electron chi connectivity index (χ0n) is 17.4. The van der Waals surface area contributed by atoms with Gasteiger partial charge in [-0.1, -0.05) is 42.0 Å². The lowest BCUT2D eigenvalue weighted by molar-refractivity contribution is -0.140. The highest BCUT2D eigenvalue weighted by atomic mass is 16.5. The van der Waals surface area contributed by atoms with Gasteiger partial charge in [0.2, 0.25) is 11.8 Å². The fraction of sp³-hybridized carbons (Fsp3) is 0.391. The Kier molecular flexibility index (Phi) is 7.61. The van der Waals surface area contributed by atoms with E-state index in [1.807, 2.05) is 69.3 Å². The van der Waals surface area contributed by atoms with E-state index in [0.717, 1.165) is 22.4 Å². The van der Waals surface area contributed by atoms with E-state index >= 15 is 0 Å². The van der Waals surface area contributed by atoms with Crippen LogP contribution in [0.5, 0.6) is 5.75 Å². The zero-order chi connectivity index (χ0) is 20.7. The van der Waals surface area contributed by atoms with Crippen molar-refractivity contribution >= 4 is 11.8 Å². The van der Waals surface area contributed by atoms with Crippen molar-refractivity contribution in [1.29, 1.82) is 0 Å². The van der Waals surface area contributed by atoms with Gasteiger partial charge in [-0.2, -0.15) is 0 Å². The molecule has 0 radical (unpaired) electrons. The molecule has 1 atom stereocenters. The number of ether oxygens (including phenoxy) is 1. The molecule has 0 aliphatic carbocycles. The molecule has 0 saturated heterocycles. The van der Waals surface area contributed by atoms with Gasteiger partial charge in [-0.25, -0.2) is 0 Å². The van der Waals surface area contributed by atoms with Crippen LogP contribution in [0, 0.1) is 6.92 Å². The van der Waals surface area contributed by atoms with E-state index in [9.17, 15) is 9.59 Å². The quantitative estimate of drug-likeness (QED) is 0.760. The number of carbonyl (C=O) groups is 2. The lowest BCUT2D eigenvalue weighted by Crippen LogP contribution is -2.49. The summed E-state index contributed by atoms with van der Waals surface area (Å²) in [5, 5.41) is 2.90. The van der Waals surface area contributed by atoms with Crippen LogP contribution < -0.4 is 10.1 Å². The Hall–Kier alpha value is -2.82. The van der Waals surface area contributed by atoms with Gasteiger partial charge in [-0.3, -0.25) is 9.59 Å². The lowest BCUT2D eigenvalue weighted by atomic mass is 10.1. The number of nitrogens with one attached hydrogen (secondary N) is 1. The number of hydrogen-bond acceptors (Lipinski definition) is 3. The molecule has 2 amide bonds. The van der Waals surface area contributed by atoms with Crippen LogP contribution in [-0.4, -0.2) is 35.9 Å². The summed E-state index contributed by atoms with van der Waals surface area (Å²) in [6.45, 7) is 8.01. The first-order valence-corrected chi connectivity index (χ1v) is 9.58. The number of amides is 2. The highest BCUT2D eigenvalue weighted by Crippen LogP contribution is 2.16. The summed E-state index contributed by atoms with van der Waals surface area (Å²) in [5.74, 6) is 0.515. The van der Waals surface area contributed by atoms with Crippen LogP contribution in [-0.2, 0) is 22.6 Å². The summed E-state index contributed by atoms with van der Waals surface area (Å²) in [6.07, 6.45) is 0.231. The van der Waals surface area contributed by atoms with Gasteiger partial charge in [0.1, 0.15) is 11.8 Å². The standard InChI is InChI=1S/C23H30N2O3/c1-16(2)24-23(27)18(4)25(15-20-8-6-7-17(3)13-20)22(26)14-19-9-11-21(28-5)12-10-19/h6-13,16,18H,14-15H2,1-5H3,(H,24,27). The van der Waals surface area contributed by atoms with E-state index in [4.69, 9.17) is 4.74 Å². The maximum atomic E-state index is 13.1. The van der Waals surface area contributed by atoms with Gasteiger partial charge in [0.25, 0.3) is 0 Å². The Bertz CT molecular complexity index is 800. The molecular formula is C23H30N2O3. The number of methoxy groups -OCH3 is 1. The average molecular weight is 383 g/mol. The number of benzene rings is 2. The van der Waals surface area contributed by atoms with Crippen LogP contribution >= 0.6 is 0 Å². The minimum atomic E-state index is -0.561. The number of carbonyl (C=O) groups excluding carboxylic acids is 2. The third-order valence-corrected chi connectivity index (χ3v) is 4.55. The molecule has 5 heteroatoms. The largest absolute Gasteiger partial charge is 0.497 e. The molecule has 0 saturated carbocycles. The first kappa shape index (κ1) is 21.5. The van der Waals surface area contributed by atoms with Gasteiger partial charge in [-0.05, 0) is 51.0 Å². The van der Waals surface area contributed by atoms with Gasteiger partial charge < -0.3 is 15.0 Å². The van der Waals surface area contributed by atoms with Crippen molar-refractivity contribution in [2.75, 3.05) is 7.11 Å². The predicted octanol–water partition coefficient (Wildman–Crippen LogP) is 3.49. The summed E-state index contributed by atoms with van der Waals surface area (Å²) < 4.78 is 5.17. The van der Waals surface area contributed by atoms with Crippen LogP contribution in [0.1, 0.15) is 37.5 Å². The van der Waals surface area contributed by atoms with Crippen molar-refractivity contribution < 1.29 is 14.3 Å². The maximum absolute atomic E-state index is 13.1. The van der Waals surface area contributed by atoms with E-state index in [1.165, 1.54) is 0 Å². The molecule has 0 heterocycles. The lowest BCUT2D eigenvalue weighted by Gasteiger charge is -2.29. The summed E-state index contributed by atoms with van der Waals surface area (Å²) in [7, 11) is 1.61. The van der Waals surface area contributed by atoms with Crippen LogP contribution in [0.15, 0.2) is 48.5 Å². The van der Waals surface area contributed by atoms with Crippen LogP contribution in [0.3, 0.4) is 0 Å². The van der Waals surface area contributed by atoms with Crippen molar-refractivity contribution in [3.8, 4) is 5.75 Å². The minimum absolute atomic E-state index is 0.0208. The predicted molar refractivity (Wildman–Crippen MR) is 111 cm³/mol. The van der Waals surface area contributed by atoms with E-state index in [2.05, 4.69) is 5.32 Å². The maximum Gasteiger partial charge on any atom is 0.242 e. The van der Waals surface area contributed by atoms with E-state index in [0.29, 0.717) is 6.54 Å². The molecule has 1 unspecified atom stereocenters. The van der Waals surface area contributed by atoms with E-state index in [-0.39, 0.29) is 24.3 Å². The number of rotatable bonds is 8. The van der Waals surface area contributed by atoms with Gasteiger partial charge in [-0.15, -0.1) is 0 Å². The topological polar surface area (TPSA) is 58.6 Å². The highest BCUT2D eigenvalue weighted by molar-refractivity contribution is 5.88. The molecule has 1 N–H and O–H groups in total. The minimum Gasteiger partial charge on any atom is -0.497 e.